The highest BCUT2D eigenvalue weighted by atomic mass is 79.9. The van der Waals surface area contributed by atoms with Crippen molar-refractivity contribution in [2.75, 3.05) is 26.2 Å². The summed E-state index contributed by atoms with van der Waals surface area (Å²) in [7, 11) is 0. The average molecular weight is 312 g/mol. The fourth-order valence-corrected chi connectivity index (χ4v) is 2.85. The lowest BCUT2D eigenvalue weighted by molar-refractivity contribution is 0.0967. The smallest absolute Gasteiger partial charge is 0.165 e. The second kappa shape index (κ2) is 6.45. The van der Waals surface area contributed by atoms with Gasteiger partial charge in [0, 0.05) is 36.2 Å². The zero-order chi connectivity index (χ0) is 13.0. The van der Waals surface area contributed by atoms with Gasteiger partial charge in [0.15, 0.2) is 5.78 Å². The number of aliphatic hydroxyl groups excluding tert-OH is 1. The van der Waals surface area contributed by atoms with Crippen molar-refractivity contribution in [3.05, 3.63) is 34.3 Å². The highest BCUT2D eigenvalue weighted by molar-refractivity contribution is 9.10. The van der Waals surface area contributed by atoms with E-state index < -0.39 is 0 Å². The fraction of sp³-hybridized carbons (Fsp3) is 0.500. The summed E-state index contributed by atoms with van der Waals surface area (Å²) in [4.78, 5) is 14.3. The number of likely N-dealkylation sites (tertiary alicyclic amines) is 1. The molecule has 1 aromatic carbocycles. The molecule has 1 heterocycles. The molecule has 0 radical (unpaired) electrons. The minimum absolute atomic E-state index is 0.176. The number of hydrogen-bond acceptors (Lipinski definition) is 3. The second-order valence-electron chi connectivity index (χ2n) is 4.79. The van der Waals surface area contributed by atoms with E-state index in [9.17, 15) is 4.79 Å². The van der Waals surface area contributed by atoms with Crippen LogP contribution in [-0.2, 0) is 0 Å². The van der Waals surface area contributed by atoms with Gasteiger partial charge in [-0.15, -0.1) is 0 Å². The maximum absolute atomic E-state index is 12.1. The molecule has 18 heavy (non-hydrogen) atoms. The molecule has 0 bridgehead atoms. The number of Topliss-reactive ketones (excluding diaryl/α,β-unsaturated/α-hetero) is 1. The number of aliphatic hydroxyl groups is 1. The van der Waals surface area contributed by atoms with Crippen LogP contribution in [0.15, 0.2) is 28.7 Å². The number of benzene rings is 1. The zero-order valence-electron chi connectivity index (χ0n) is 10.3. The Morgan fingerprint density at radius 1 is 1.44 bits per heavy atom. The summed E-state index contributed by atoms with van der Waals surface area (Å²) in [5.41, 5.74) is 0.760. The number of rotatable bonds is 5. The minimum atomic E-state index is 0.176. The van der Waals surface area contributed by atoms with E-state index in [-0.39, 0.29) is 12.4 Å². The van der Waals surface area contributed by atoms with Gasteiger partial charge >= 0.3 is 0 Å². The molecule has 3 nitrogen and oxygen atoms in total. The van der Waals surface area contributed by atoms with Gasteiger partial charge in [0.1, 0.15) is 0 Å². The van der Waals surface area contributed by atoms with Crippen molar-refractivity contribution in [2.24, 2.45) is 5.92 Å². The molecule has 0 amide bonds. The monoisotopic (exact) mass is 311 g/mol. The molecule has 1 aliphatic rings. The Morgan fingerprint density at radius 2 is 2.22 bits per heavy atom. The van der Waals surface area contributed by atoms with Crippen molar-refractivity contribution in [2.45, 2.75) is 12.8 Å². The second-order valence-corrected chi connectivity index (χ2v) is 5.65. The average Bonchev–Trinajstić information content (AvgIpc) is 2.84. The SMILES string of the molecule is O=C(CCN1CCC(CO)C1)c1ccccc1Br. The van der Waals surface area contributed by atoms with Gasteiger partial charge in [-0.25, -0.2) is 0 Å². The molecule has 4 heteroatoms. The maximum atomic E-state index is 12.1. The fourth-order valence-electron chi connectivity index (χ4n) is 2.35. The van der Waals surface area contributed by atoms with Gasteiger partial charge in [-0.3, -0.25) is 4.79 Å². The van der Waals surface area contributed by atoms with E-state index in [1.165, 1.54) is 0 Å². The number of carbonyl (C=O) groups excluding carboxylic acids is 1. The molecule has 1 aliphatic heterocycles. The maximum Gasteiger partial charge on any atom is 0.165 e. The Morgan fingerprint density at radius 3 is 2.89 bits per heavy atom. The van der Waals surface area contributed by atoms with Crippen LogP contribution in [0.25, 0.3) is 0 Å². The quantitative estimate of drug-likeness (QED) is 0.849. The van der Waals surface area contributed by atoms with E-state index in [1.54, 1.807) is 0 Å². The molecule has 2 rings (SSSR count). The Balaban J connectivity index is 1.84. The predicted molar refractivity (Wildman–Crippen MR) is 74.7 cm³/mol. The first-order chi connectivity index (χ1) is 8.70. The van der Waals surface area contributed by atoms with Crippen LogP contribution in [0.2, 0.25) is 0 Å². The zero-order valence-corrected chi connectivity index (χ0v) is 11.9. The molecule has 1 saturated heterocycles. The van der Waals surface area contributed by atoms with Crippen LogP contribution in [0.4, 0.5) is 0 Å². The summed E-state index contributed by atoms with van der Waals surface area (Å²) in [6.45, 7) is 2.96. The van der Waals surface area contributed by atoms with Crippen molar-refractivity contribution in [3.63, 3.8) is 0 Å². The first-order valence-corrected chi connectivity index (χ1v) is 7.11. The Hall–Kier alpha value is -0.710. The van der Waals surface area contributed by atoms with E-state index >= 15 is 0 Å². The van der Waals surface area contributed by atoms with Gasteiger partial charge in [-0.1, -0.05) is 34.1 Å². The van der Waals surface area contributed by atoms with Gasteiger partial charge in [0.2, 0.25) is 0 Å². The van der Waals surface area contributed by atoms with E-state index in [1.807, 2.05) is 24.3 Å². The molecule has 0 spiro atoms. The Bertz CT molecular complexity index is 422. The predicted octanol–water partition coefficient (Wildman–Crippen LogP) is 2.34. The third-order valence-corrected chi connectivity index (χ3v) is 4.15. The van der Waals surface area contributed by atoms with E-state index in [0.29, 0.717) is 12.3 Å². The van der Waals surface area contributed by atoms with Crippen molar-refractivity contribution >= 4 is 21.7 Å². The van der Waals surface area contributed by atoms with Gasteiger partial charge < -0.3 is 10.0 Å². The minimum Gasteiger partial charge on any atom is -0.396 e. The van der Waals surface area contributed by atoms with Crippen molar-refractivity contribution in [3.8, 4) is 0 Å². The van der Waals surface area contributed by atoms with Crippen molar-refractivity contribution < 1.29 is 9.90 Å². The Kier molecular flexibility index (Phi) is 4.92. The number of carbonyl (C=O) groups is 1. The molecule has 1 fully saturated rings. The summed E-state index contributed by atoms with van der Waals surface area (Å²) in [5.74, 6) is 0.568. The molecule has 1 unspecified atom stereocenters. The van der Waals surface area contributed by atoms with Crippen LogP contribution < -0.4 is 0 Å². The molecular weight excluding hydrogens is 294 g/mol. The third kappa shape index (κ3) is 3.40. The molecule has 0 aromatic heterocycles. The normalized spacial score (nSPS) is 20.2. The first-order valence-electron chi connectivity index (χ1n) is 6.31. The topological polar surface area (TPSA) is 40.5 Å². The lowest BCUT2D eigenvalue weighted by atomic mass is 10.1. The molecule has 0 saturated carbocycles. The van der Waals surface area contributed by atoms with Crippen molar-refractivity contribution in [1.29, 1.82) is 0 Å². The van der Waals surface area contributed by atoms with Gasteiger partial charge in [-0.2, -0.15) is 0 Å². The molecule has 98 valence electrons. The molecule has 1 atom stereocenters. The van der Waals surface area contributed by atoms with Gasteiger partial charge in [0.25, 0.3) is 0 Å². The van der Waals surface area contributed by atoms with Crippen LogP contribution >= 0.6 is 15.9 Å². The third-order valence-electron chi connectivity index (χ3n) is 3.46. The highest BCUT2D eigenvalue weighted by Crippen LogP contribution is 2.19. The Labute approximate surface area is 116 Å². The first kappa shape index (κ1) is 13.7. The van der Waals surface area contributed by atoms with Crippen molar-refractivity contribution in [1.82, 2.24) is 4.90 Å². The number of nitrogens with zero attached hydrogens (tertiary/aromatic N) is 1. The lowest BCUT2D eigenvalue weighted by Gasteiger charge is -2.15. The summed E-state index contributed by atoms with van der Waals surface area (Å²) < 4.78 is 0.865. The lowest BCUT2D eigenvalue weighted by Crippen LogP contribution is -2.24. The highest BCUT2D eigenvalue weighted by Gasteiger charge is 2.22. The summed E-state index contributed by atoms with van der Waals surface area (Å²) in [5, 5.41) is 9.08. The largest absolute Gasteiger partial charge is 0.396 e. The van der Waals surface area contributed by atoms with Gasteiger partial charge in [-0.05, 0) is 24.9 Å². The van der Waals surface area contributed by atoms with Crippen LogP contribution in [0.3, 0.4) is 0 Å². The molecule has 0 aliphatic carbocycles. The van der Waals surface area contributed by atoms with Crippen LogP contribution in [0, 0.1) is 5.92 Å². The van der Waals surface area contributed by atoms with Crippen LogP contribution in [0.1, 0.15) is 23.2 Å². The molecule has 1 aromatic rings. The standard InChI is InChI=1S/C14H18BrNO2/c15-13-4-2-1-3-12(13)14(18)6-8-16-7-5-11(9-16)10-17/h1-4,11,17H,5-10H2. The van der Waals surface area contributed by atoms with Crippen LogP contribution in [-0.4, -0.2) is 42.0 Å². The van der Waals surface area contributed by atoms with E-state index in [2.05, 4.69) is 20.8 Å². The summed E-state index contributed by atoms with van der Waals surface area (Å²) in [6.07, 6.45) is 1.58. The molecule has 1 N–H and O–H groups in total. The summed E-state index contributed by atoms with van der Waals surface area (Å²) >= 11 is 3.40. The number of halogens is 1. The van der Waals surface area contributed by atoms with Crippen LogP contribution in [0.5, 0.6) is 0 Å². The summed E-state index contributed by atoms with van der Waals surface area (Å²) in [6, 6.07) is 7.54. The van der Waals surface area contributed by atoms with E-state index in [0.717, 1.165) is 36.1 Å². The number of hydrogen-bond donors (Lipinski definition) is 1. The number of ketones is 1. The molecular formula is C14H18BrNO2. The van der Waals surface area contributed by atoms with E-state index in [4.69, 9.17) is 5.11 Å². The van der Waals surface area contributed by atoms with Gasteiger partial charge in [0.05, 0.1) is 0 Å².